The number of aromatic amines is 1. The van der Waals surface area contributed by atoms with Gasteiger partial charge in [-0.3, -0.25) is 4.79 Å². The number of alkyl halides is 2. The number of thioether (sulfide) groups is 1. The molecule has 0 amide bonds. The quantitative estimate of drug-likeness (QED) is 0.870. The molecule has 0 atom stereocenters. The van der Waals surface area contributed by atoms with E-state index in [4.69, 9.17) is 0 Å². The van der Waals surface area contributed by atoms with Gasteiger partial charge in [0.25, 0.3) is 11.3 Å². The molecule has 1 N–H and O–H groups in total. The van der Waals surface area contributed by atoms with Gasteiger partial charge in [0.05, 0.1) is 5.69 Å². The van der Waals surface area contributed by atoms with Crippen LogP contribution in [0.2, 0.25) is 0 Å². The Kier molecular flexibility index (Phi) is 4.46. The molecule has 0 bridgehead atoms. The van der Waals surface area contributed by atoms with Gasteiger partial charge in [0.1, 0.15) is 5.82 Å². The SMILES string of the molecule is CC(C)(C)c1nc(-c2ccc(SC(F)F)cc2)cc(=O)[nH]1. The smallest absolute Gasteiger partial charge is 0.288 e. The highest BCUT2D eigenvalue weighted by molar-refractivity contribution is 7.99. The third-order valence-corrected chi connectivity index (χ3v) is 3.55. The van der Waals surface area contributed by atoms with Gasteiger partial charge < -0.3 is 4.98 Å². The number of hydrogen-bond acceptors (Lipinski definition) is 3. The van der Waals surface area contributed by atoms with E-state index < -0.39 is 5.76 Å². The van der Waals surface area contributed by atoms with Gasteiger partial charge in [0, 0.05) is 21.9 Å². The van der Waals surface area contributed by atoms with E-state index in [1.54, 1.807) is 24.3 Å². The van der Waals surface area contributed by atoms with Crippen molar-refractivity contribution in [3.8, 4) is 11.3 Å². The minimum atomic E-state index is -2.44. The van der Waals surface area contributed by atoms with E-state index in [1.807, 2.05) is 20.8 Å². The van der Waals surface area contributed by atoms with Crippen molar-refractivity contribution < 1.29 is 8.78 Å². The standard InChI is InChI=1S/C15H16F2N2OS/c1-15(2,3)13-18-11(8-12(20)19-13)9-4-6-10(7-5-9)21-14(16)17/h4-8,14H,1-3H3,(H,18,19,20). The Morgan fingerprint density at radius 3 is 2.33 bits per heavy atom. The van der Waals surface area contributed by atoms with Crippen molar-refractivity contribution in [2.24, 2.45) is 0 Å². The van der Waals surface area contributed by atoms with Crippen LogP contribution in [0, 0.1) is 0 Å². The van der Waals surface area contributed by atoms with E-state index in [9.17, 15) is 13.6 Å². The Balaban J connectivity index is 2.38. The zero-order chi connectivity index (χ0) is 15.6. The summed E-state index contributed by atoms with van der Waals surface area (Å²) in [6.07, 6.45) is 0. The lowest BCUT2D eigenvalue weighted by atomic mass is 9.95. The zero-order valence-corrected chi connectivity index (χ0v) is 12.8. The first-order chi connectivity index (χ1) is 9.75. The van der Waals surface area contributed by atoms with E-state index >= 15 is 0 Å². The number of nitrogens with one attached hydrogen (secondary N) is 1. The number of rotatable bonds is 3. The average Bonchev–Trinajstić information content (AvgIpc) is 2.37. The van der Waals surface area contributed by atoms with Crippen LogP contribution in [0.4, 0.5) is 8.78 Å². The summed E-state index contributed by atoms with van der Waals surface area (Å²) in [6.45, 7) is 5.87. The van der Waals surface area contributed by atoms with Gasteiger partial charge in [-0.2, -0.15) is 8.78 Å². The molecular formula is C15H16F2N2OS. The van der Waals surface area contributed by atoms with Gasteiger partial charge in [-0.05, 0) is 12.1 Å². The molecule has 1 heterocycles. The summed E-state index contributed by atoms with van der Waals surface area (Å²) < 4.78 is 24.6. The summed E-state index contributed by atoms with van der Waals surface area (Å²) >= 11 is 0.491. The molecule has 0 aliphatic rings. The Morgan fingerprint density at radius 1 is 1.19 bits per heavy atom. The maximum Gasteiger partial charge on any atom is 0.288 e. The fourth-order valence-electron chi connectivity index (χ4n) is 1.77. The molecule has 0 radical (unpaired) electrons. The third-order valence-electron chi connectivity index (χ3n) is 2.83. The summed E-state index contributed by atoms with van der Waals surface area (Å²) in [7, 11) is 0. The van der Waals surface area contributed by atoms with Crippen LogP contribution < -0.4 is 5.56 Å². The Bertz CT molecular complexity index is 675. The zero-order valence-electron chi connectivity index (χ0n) is 12.0. The first kappa shape index (κ1) is 15.7. The number of H-pyrrole nitrogens is 1. The molecule has 1 aromatic heterocycles. The van der Waals surface area contributed by atoms with Crippen LogP contribution in [0.25, 0.3) is 11.3 Å². The summed E-state index contributed by atoms with van der Waals surface area (Å²) in [5.74, 6) is -1.85. The maximum atomic E-state index is 12.3. The molecule has 3 nitrogen and oxygen atoms in total. The second-order valence-electron chi connectivity index (χ2n) is 5.63. The summed E-state index contributed by atoms with van der Waals surface area (Å²) in [5, 5.41) is 0. The number of halogens is 2. The van der Waals surface area contributed by atoms with E-state index in [2.05, 4.69) is 9.97 Å². The predicted octanol–water partition coefficient (Wildman–Crippen LogP) is 4.05. The van der Waals surface area contributed by atoms with Crippen molar-refractivity contribution in [3.05, 3.63) is 46.5 Å². The first-order valence-corrected chi connectivity index (χ1v) is 7.31. The lowest BCUT2D eigenvalue weighted by Crippen LogP contribution is -2.21. The highest BCUT2D eigenvalue weighted by atomic mass is 32.2. The van der Waals surface area contributed by atoms with Crippen LogP contribution in [-0.4, -0.2) is 15.7 Å². The molecule has 21 heavy (non-hydrogen) atoms. The maximum absolute atomic E-state index is 12.3. The molecule has 0 unspecified atom stereocenters. The van der Waals surface area contributed by atoms with E-state index in [-0.39, 0.29) is 11.0 Å². The average molecular weight is 310 g/mol. The summed E-state index contributed by atoms with van der Waals surface area (Å²) in [5.41, 5.74) is 0.763. The third kappa shape index (κ3) is 4.14. The Morgan fingerprint density at radius 2 is 1.81 bits per heavy atom. The normalized spacial score (nSPS) is 11.9. The number of benzene rings is 1. The van der Waals surface area contributed by atoms with Crippen LogP contribution in [-0.2, 0) is 5.41 Å². The first-order valence-electron chi connectivity index (χ1n) is 6.43. The van der Waals surface area contributed by atoms with Crippen LogP contribution >= 0.6 is 11.8 Å². The van der Waals surface area contributed by atoms with E-state index in [0.717, 1.165) is 5.56 Å². The van der Waals surface area contributed by atoms with Crippen molar-refractivity contribution in [1.82, 2.24) is 9.97 Å². The van der Waals surface area contributed by atoms with E-state index in [0.29, 0.717) is 28.2 Å². The van der Waals surface area contributed by atoms with Gasteiger partial charge in [0.15, 0.2) is 0 Å². The second-order valence-corrected chi connectivity index (χ2v) is 6.70. The lowest BCUT2D eigenvalue weighted by Gasteiger charge is -2.17. The number of hydrogen-bond donors (Lipinski definition) is 1. The predicted molar refractivity (Wildman–Crippen MR) is 80.9 cm³/mol. The van der Waals surface area contributed by atoms with Crippen LogP contribution in [0.5, 0.6) is 0 Å². The highest BCUT2D eigenvalue weighted by Crippen LogP contribution is 2.27. The van der Waals surface area contributed by atoms with Crippen molar-refractivity contribution in [1.29, 1.82) is 0 Å². The van der Waals surface area contributed by atoms with E-state index in [1.165, 1.54) is 6.07 Å². The minimum Gasteiger partial charge on any atom is -0.310 e. The number of aromatic nitrogens is 2. The molecular weight excluding hydrogens is 294 g/mol. The van der Waals surface area contributed by atoms with Crippen molar-refractivity contribution >= 4 is 11.8 Å². The molecule has 0 spiro atoms. The molecule has 2 aromatic rings. The topological polar surface area (TPSA) is 45.8 Å². The monoisotopic (exact) mass is 310 g/mol. The molecule has 0 saturated carbocycles. The Labute approximate surface area is 125 Å². The fourth-order valence-corrected chi connectivity index (χ4v) is 2.27. The van der Waals surface area contributed by atoms with Crippen molar-refractivity contribution in [2.75, 3.05) is 0 Å². The molecule has 0 saturated heterocycles. The largest absolute Gasteiger partial charge is 0.310 e. The summed E-state index contributed by atoms with van der Waals surface area (Å²) in [6, 6.07) is 8.00. The minimum absolute atomic E-state index is 0.226. The van der Waals surface area contributed by atoms with Crippen LogP contribution in [0.3, 0.4) is 0 Å². The van der Waals surface area contributed by atoms with Gasteiger partial charge >= 0.3 is 0 Å². The van der Waals surface area contributed by atoms with Gasteiger partial charge in [-0.1, -0.05) is 44.7 Å². The number of nitrogens with zero attached hydrogens (tertiary/aromatic N) is 1. The fraction of sp³-hybridized carbons (Fsp3) is 0.333. The van der Waals surface area contributed by atoms with Crippen molar-refractivity contribution in [3.63, 3.8) is 0 Å². The highest BCUT2D eigenvalue weighted by Gasteiger charge is 2.18. The molecule has 1 aromatic carbocycles. The van der Waals surface area contributed by atoms with Gasteiger partial charge in [0.2, 0.25) is 0 Å². The van der Waals surface area contributed by atoms with Gasteiger partial charge in [-0.25, -0.2) is 4.98 Å². The molecule has 112 valence electrons. The lowest BCUT2D eigenvalue weighted by molar-refractivity contribution is 0.252. The second kappa shape index (κ2) is 5.97. The molecule has 0 aliphatic carbocycles. The molecule has 6 heteroatoms. The molecule has 2 rings (SSSR count). The van der Waals surface area contributed by atoms with Crippen LogP contribution in [0.1, 0.15) is 26.6 Å². The van der Waals surface area contributed by atoms with Crippen molar-refractivity contribution in [2.45, 2.75) is 36.8 Å². The summed E-state index contributed by atoms with van der Waals surface area (Å²) in [4.78, 5) is 19.4. The molecule has 0 aliphatic heterocycles. The molecule has 0 fully saturated rings. The van der Waals surface area contributed by atoms with Crippen LogP contribution in [0.15, 0.2) is 40.0 Å². The van der Waals surface area contributed by atoms with Gasteiger partial charge in [-0.15, -0.1) is 0 Å². The Hall–Kier alpha value is -1.69.